The van der Waals surface area contributed by atoms with Gasteiger partial charge in [0.15, 0.2) is 11.5 Å². The summed E-state index contributed by atoms with van der Waals surface area (Å²) in [6, 6.07) is 10.6. The zero-order valence-electron chi connectivity index (χ0n) is 20.2. The van der Waals surface area contributed by atoms with Crippen LogP contribution in [0.5, 0.6) is 17.2 Å². The van der Waals surface area contributed by atoms with Gasteiger partial charge in [0, 0.05) is 18.7 Å². The zero-order chi connectivity index (χ0) is 25.0. The van der Waals surface area contributed by atoms with E-state index in [1.54, 1.807) is 36.4 Å². The highest BCUT2D eigenvalue weighted by molar-refractivity contribution is 6.46. The lowest BCUT2D eigenvalue weighted by atomic mass is 9.95. The number of ether oxygens (including phenoxy) is 2. The monoisotopic (exact) mass is 468 g/mol. The van der Waals surface area contributed by atoms with E-state index in [9.17, 15) is 19.8 Å². The first-order chi connectivity index (χ1) is 16.1. The van der Waals surface area contributed by atoms with Gasteiger partial charge in [-0.3, -0.25) is 9.59 Å². The number of aliphatic hydroxyl groups excluding tert-OH is 1. The van der Waals surface area contributed by atoms with Crippen molar-refractivity contribution in [2.75, 3.05) is 40.9 Å². The number of carbonyl (C=O) groups excluding carboxylic acids is 2. The molecule has 1 aliphatic heterocycles. The van der Waals surface area contributed by atoms with Gasteiger partial charge in [0.1, 0.15) is 11.5 Å². The SMILES string of the molecule is COc1ccc(C2/C(=C(/O)c3ccc(OCC(C)C)cc3)C(=O)C(=O)N2CCN(C)C)cc1O. The molecule has 2 aromatic carbocycles. The molecular formula is C26H32N2O6. The number of benzene rings is 2. The van der Waals surface area contributed by atoms with Crippen molar-refractivity contribution in [1.29, 1.82) is 0 Å². The molecule has 1 aliphatic rings. The topological polar surface area (TPSA) is 99.5 Å². The lowest BCUT2D eigenvalue weighted by Gasteiger charge is -2.26. The van der Waals surface area contributed by atoms with Gasteiger partial charge in [0.05, 0.1) is 25.3 Å². The molecule has 3 rings (SSSR count). The van der Waals surface area contributed by atoms with Gasteiger partial charge in [0.2, 0.25) is 0 Å². The van der Waals surface area contributed by atoms with Crippen molar-refractivity contribution >= 4 is 17.4 Å². The largest absolute Gasteiger partial charge is 0.507 e. The number of ketones is 1. The van der Waals surface area contributed by atoms with Crippen LogP contribution in [0.15, 0.2) is 48.0 Å². The predicted molar refractivity (Wildman–Crippen MR) is 129 cm³/mol. The molecule has 1 fully saturated rings. The van der Waals surface area contributed by atoms with Crippen LogP contribution < -0.4 is 9.47 Å². The first-order valence-electron chi connectivity index (χ1n) is 11.2. The number of likely N-dealkylation sites (N-methyl/N-ethyl adjacent to an activating group) is 1. The number of phenols is 1. The lowest BCUT2D eigenvalue weighted by molar-refractivity contribution is -0.140. The van der Waals surface area contributed by atoms with E-state index in [1.807, 2.05) is 32.8 Å². The second kappa shape index (κ2) is 10.6. The van der Waals surface area contributed by atoms with Crippen molar-refractivity contribution < 1.29 is 29.3 Å². The summed E-state index contributed by atoms with van der Waals surface area (Å²) < 4.78 is 10.8. The molecule has 8 nitrogen and oxygen atoms in total. The molecule has 34 heavy (non-hydrogen) atoms. The number of phenolic OH excluding ortho intramolecular Hbond substituents is 1. The number of hydrogen-bond acceptors (Lipinski definition) is 7. The molecule has 0 aliphatic carbocycles. The molecule has 0 bridgehead atoms. The maximum atomic E-state index is 13.1. The van der Waals surface area contributed by atoms with E-state index in [1.165, 1.54) is 18.1 Å². The Balaban J connectivity index is 2.06. The van der Waals surface area contributed by atoms with Crippen LogP contribution in [0.25, 0.3) is 5.76 Å². The highest BCUT2D eigenvalue weighted by Crippen LogP contribution is 2.41. The minimum atomic E-state index is -0.853. The van der Waals surface area contributed by atoms with Gasteiger partial charge in [-0.05, 0) is 62.0 Å². The summed E-state index contributed by atoms with van der Waals surface area (Å²) in [7, 11) is 5.17. The normalized spacial score (nSPS) is 17.6. The van der Waals surface area contributed by atoms with Crippen molar-refractivity contribution in [3.05, 3.63) is 59.2 Å². The molecule has 0 radical (unpaired) electrons. The summed E-state index contributed by atoms with van der Waals surface area (Å²) in [5.74, 6) is -0.574. The van der Waals surface area contributed by atoms with E-state index in [-0.39, 0.29) is 29.4 Å². The Hall–Kier alpha value is -3.52. The zero-order valence-corrected chi connectivity index (χ0v) is 20.2. The van der Waals surface area contributed by atoms with Crippen molar-refractivity contribution in [3.63, 3.8) is 0 Å². The van der Waals surface area contributed by atoms with Crippen molar-refractivity contribution in [3.8, 4) is 17.2 Å². The number of hydrogen-bond donors (Lipinski definition) is 2. The van der Waals surface area contributed by atoms with E-state index in [0.29, 0.717) is 35.9 Å². The molecule has 2 aromatic rings. The molecule has 2 N–H and O–H groups in total. The number of methoxy groups -OCH3 is 1. The Morgan fingerprint density at radius 1 is 1.12 bits per heavy atom. The minimum absolute atomic E-state index is 0.0239. The Bertz CT molecular complexity index is 1080. The standard InChI is InChI=1S/C26H32N2O6/c1-16(2)15-34-19-9-6-17(7-10-19)24(30)22-23(18-8-11-21(33-5)20(29)14-18)28(13-12-27(3)4)26(32)25(22)31/h6-11,14,16,23,29-30H,12-13,15H2,1-5H3/b24-22-. The van der Waals surface area contributed by atoms with Gasteiger partial charge >= 0.3 is 0 Å². The van der Waals surface area contributed by atoms with Crippen molar-refractivity contribution in [1.82, 2.24) is 9.80 Å². The predicted octanol–water partition coefficient (Wildman–Crippen LogP) is 3.42. The summed E-state index contributed by atoms with van der Waals surface area (Å²) in [4.78, 5) is 29.4. The molecule has 1 atom stereocenters. The molecule has 1 saturated heterocycles. The number of carbonyl (C=O) groups is 2. The van der Waals surface area contributed by atoms with E-state index in [2.05, 4.69) is 0 Å². The average molecular weight is 469 g/mol. The molecule has 0 spiro atoms. The Labute approximate surface area is 200 Å². The number of aliphatic hydroxyl groups is 1. The maximum Gasteiger partial charge on any atom is 0.295 e. The lowest BCUT2D eigenvalue weighted by Crippen LogP contribution is -2.35. The highest BCUT2D eigenvalue weighted by atomic mass is 16.5. The summed E-state index contributed by atoms with van der Waals surface area (Å²) in [6.07, 6.45) is 0. The quantitative estimate of drug-likeness (QED) is 0.330. The van der Waals surface area contributed by atoms with Crippen LogP contribution in [-0.4, -0.2) is 72.6 Å². The van der Waals surface area contributed by atoms with Gasteiger partial charge in [0.25, 0.3) is 11.7 Å². The molecular weight excluding hydrogens is 436 g/mol. The van der Waals surface area contributed by atoms with Crippen LogP contribution in [0, 0.1) is 5.92 Å². The van der Waals surface area contributed by atoms with Gasteiger partial charge < -0.3 is 29.5 Å². The number of rotatable bonds is 9. The fraction of sp³-hybridized carbons (Fsp3) is 0.385. The first kappa shape index (κ1) is 25.1. The Morgan fingerprint density at radius 3 is 2.35 bits per heavy atom. The number of likely N-dealkylation sites (tertiary alicyclic amines) is 1. The molecule has 0 saturated carbocycles. The van der Waals surface area contributed by atoms with Gasteiger partial charge in [-0.15, -0.1) is 0 Å². The summed E-state index contributed by atoms with van der Waals surface area (Å²) in [5, 5.41) is 21.5. The number of amides is 1. The number of nitrogens with zero attached hydrogens (tertiary/aromatic N) is 2. The number of aromatic hydroxyl groups is 1. The summed E-state index contributed by atoms with van der Waals surface area (Å²) >= 11 is 0. The van der Waals surface area contributed by atoms with Crippen LogP contribution in [0.4, 0.5) is 0 Å². The molecule has 1 heterocycles. The van der Waals surface area contributed by atoms with Crippen LogP contribution >= 0.6 is 0 Å². The second-order valence-corrected chi connectivity index (χ2v) is 8.96. The van der Waals surface area contributed by atoms with E-state index in [0.717, 1.165) is 0 Å². The smallest absolute Gasteiger partial charge is 0.295 e. The van der Waals surface area contributed by atoms with Crippen LogP contribution in [0.2, 0.25) is 0 Å². The van der Waals surface area contributed by atoms with E-state index >= 15 is 0 Å². The third kappa shape index (κ3) is 5.34. The molecule has 1 amide bonds. The highest BCUT2D eigenvalue weighted by Gasteiger charge is 2.46. The van der Waals surface area contributed by atoms with Gasteiger partial charge in [-0.25, -0.2) is 0 Å². The molecule has 1 unspecified atom stereocenters. The van der Waals surface area contributed by atoms with Gasteiger partial charge in [-0.2, -0.15) is 0 Å². The third-order valence-electron chi connectivity index (χ3n) is 5.56. The summed E-state index contributed by atoms with van der Waals surface area (Å²) in [6.45, 7) is 5.45. The molecule has 182 valence electrons. The van der Waals surface area contributed by atoms with Crippen molar-refractivity contribution in [2.45, 2.75) is 19.9 Å². The van der Waals surface area contributed by atoms with Crippen LogP contribution in [0.3, 0.4) is 0 Å². The van der Waals surface area contributed by atoms with Crippen LogP contribution in [0.1, 0.15) is 31.0 Å². The van der Waals surface area contributed by atoms with Crippen LogP contribution in [-0.2, 0) is 9.59 Å². The summed E-state index contributed by atoms with van der Waals surface area (Å²) in [5.41, 5.74) is 0.865. The fourth-order valence-electron chi connectivity index (χ4n) is 3.77. The Kier molecular flexibility index (Phi) is 7.83. The fourth-order valence-corrected chi connectivity index (χ4v) is 3.77. The van der Waals surface area contributed by atoms with E-state index in [4.69, 9.17) is 9.47 Å². The third-order valence-corrected chi connectivity index (χ3v) is 5.56. The van der Waals surface area contributed by atoms with Gasteiger partial charge in [-0.1, -0.05) is 19.9 Å². The average Bonchev–Trinajstić information content (AvgIpc) is 3.06. The second-order valence-electron chi connectivity index (χ2n) is 8.96. The molecule has 0 aromatic heterocycles. The maximum absolute atomic E-state index is 13.1. The minimum Gasteiger partial charge on any atom is -0.507 e. The number of Topliss-reactive ketones (excluding diaryl/α,β-unsaturated/α-hetero) is 1. The van der Waals surface area contributed by atoms with Crippen molar-refractivity contribution in [2.24, 2.45) is 5.92 Å². The Morgan fingerprint density at radius 2 is 1.79 bits per heavy atom. The molecule has 8 heteroatoms. The first-order valence-corrected chi connectivity index (χ1v) is 11.2. The van der Waals surface area contributed by atoms with E-state index < -0.39 is 17.7 Å².